The Balaban J connectivity index is 1.64. The zero-order valence-corrected chi connectivity index (χ0v) is 35.7. The number of ether oxygens (including phenoxy) is 10. The van der Waals surface area contributed by atoms with Crippen LogP contribution in [0.2, 0.25) is 0 Å². The van der Waals surface area contributed by atoms with Crippen LogP contribution < -0.4 is 0 Å². The fourth-order valence-corrected chi connectivity index (χ4v) is 10.3. The van der Waals surface area contributed by atoms with Crippen LogP contribution in [-0.4, -0.2) is 128 Å². The first-order valence-corrected chi connectivity index (χ1v) is 20.4. The Hall–Kier alpha value is -2.07. The third-order valence-corrected chi connectivity index (χ3v) is 13.0. The van der Waals surface area contributed by atoms with Crippen molar-refractivity contribution >= 4 is 18.1 Å². The minimum absolute atomic E-state index is 0.0105. The van der Waals surface area contributed by atoms with Crippen molar-refractivity contribution in [1.82, 2.24) is 4.90 Å². The van der Waals surface area contributed by atoms with Gasteiger partial charge in [-0.1, -0.05) is 34.1 Å². The Kier molecular flexibility index (Phi) is 13.6. The van der Waals surface area contributed by atoms with Crippen molar-refractivity contribution < 1.29 is 61.8 Å². The molecule has 0 aliphatic carbocycles. The molecule has 55 heavy (non-hydrogen) atoms. The van der Waals surface area contributed by atoms with Crippen LogP contribution in [0.4, 0.5) is 4.79 Å². The van der Waals surface area contributed by atoms with Gasteiger partial charge in [-0.15, -0.1) is 0 Å². The van der Waals surface area contributed by atoms with Crippen LogP contribution >= 0.6 is 0 Å². The maximum atomic E-state index is 14.6. The summed E-state index contributed by atoms with van der Waals surface area (Å²) in [5.74, 6) is -2.71. The number of nitrogens with zero attached hydrogens (tertiary/aromatic N) is 1. The predicted octanol–water partition coefficient (Wildman–Crippen LogP) is 5.80. The summed E-state index contributed by atoms with van der Waals surface area (Å²) in [5.41, 5.74) is -2.76. The number of likely N-dealkylation sites (N-methyl/N-ethyl adjacent to an activating group) is 1. The molecule has 5 aliphatic rings. The van der Waals surface area contributed by atoms with E-state index in [4.69, 9.17) is 47.4 Å². The Morgan fingerprint density at radius 2 is 1.58 bits per heavy atom. The largest absolute Gasteiger partial charge is 0.509 e. The van der Waals surface area contributed by atoms with Crippen molar-refractivity contribution in [2.24, 2.45) is 23.7 Å². The highest BCUT2D eigenvalue weighted by molar-refractivity contribution is 5.73. The summed E-state index contributed by atoms with van der Waals surface area (Å²) in [7, 11) is 5.58. The molecule has 0 saturated carbocycles. The Bertz CT molecular complexity index is 1360. The number of hydrogen-bond donors (Lipinski definition) is 0. The molecule has 0 aromatic rings. The molecule has 0 radical (unpaired) electrons. The van der Waals surface area contributed by atoms with Gasteiger partial charge in [-0.25, -0.2) is 4.79 Å². The molecule has 5 aliphatic heterocycles. The van der Waals surface area contributed by atoms with Crippen molar-refractivity contribution in [1.29, 1.82) is 0 Å². The van der Waals surface area contributed by atoms with Gasteiger partial charge in [0.05, 0.1) is 53.7 Å². The second kappa shape index (κ2) is 17.0. The van der Waals surface area contributed by atoms with E-state index in [0.717, 1.165) is 0 Å². The Morgan fingerprint density at radius 1 is 0.891 bits per heavy atom. The average molecular weight is 784 g/mol. The second-order valence-electron chi connectivity index (χ2n) is 18.1. The highest BCUT2D eigenvalue weighted by Crippen LogP contribution is 2.50. The molecule has 14 heteroatoms. The number of fused-ring (bicyclic) bond motifs is 3. The number of methoxy groups -OCH3 is 1. The van der Waals surface area contributed by atoms with E-state index in [9.17, 15) is 14.4 Å². The molecule has 5 rings (SSSR count). The van der Waals surface area contributed by atoms with Crippen molar-refractivity contribution in [2.75, 3.05) is 21.2 Å². The van der Waals surface area contributed by atoms with Gasteiger partial charge in [0.2, 0.25) is 0 Å². The third-order valence-electron chi connectivity index (χ3n) is 13.0. The number of cyclic esters (lactones) is 1. The fourth-order valence-electron chi connectivity index (χ4n) is 10.3. The van der Waals surface area contributed by atoms with Crippen molar-refractivity contribution in [3.8, 4) is 0 Å². The smallest absolute Gasteiger partial charge is 0.458 e. The van der Waals surface area contributed by atoms with Crippen LogP contribution in [0.25, 0.3) is 0 Å². The van der Waals surface area contributed by atoms with Crippen LogP contribution in [0.5, 0.6) is 0 Å². The molecule has 5 fully saturated rings. The normalized spacial score (nSPS) is 48.1. The minimum atomic E-state index is -1.28. The van der Waals surface area contributed by atoms with Crippen molar-refractivity contribution in [3.63, 3.8) is 0 Å². The average Bonchev–Trinajstić information content (AvgIpc) is 3.58. The Morgan fingerprint density at radius 3 is 2.20 bits per heavy atom. The zero-order valence-electron chi connectivity index (χ0n) is 35.7. The van der Waals surface area contributed by atoms with E-state index < -0.39 is 95.9 Å². The molecule has 0 spiro atoms. The standard InChI is InChI=1S/C41H69NO13/c1-15-16-29-41(11)35(53-38(45)55-41)24(5)31-21(2)18-40(10,54-31)34(52-37-33(49-27(8)43)28(42(12)13)17-22(3)48-37)25(6)32(26(7)36(44)50-29)51-30-20-39(9,46-14)19-23(4)47-30/h21-26,28-35,37H,15-20H2,1-14H3/t21-,22?,23?,24+,25+,26-,28?,29-,30?,31-,32+,33?,34-,35-,37?,39?,40?,41-/m1/s1. The monoisotopic (exact) mass is 783 g/mol. The molecule has 2 bridgehead atoms. The van der Waals surface area contributed by atoms with E-state index in [1.165, 1.54) is 6.92 Å². The van der Waals surface area contributed by atoms with Gasteiger partial charge in [-0.2, -0.15) is 0 Å². The van der Waals surface area contributed by atoms with Gasteiger partial charge in [0.25, 0.3) is 0 Å². The summed E-state index contributed by atoms with van der Waals surface area (Å²) in [5, 5.41) is 0. The lowest BCUT2D eigenvalue weighted by atomic mass is 9.76. The van der Waals surface area contributed by atoms with E-state index in [0.29, 0.717) is 38.5 Å². The SMILES string of the molecule is CCC[C@H]1OC(=O)[C@H](C)[C@@H](OC2CC(C)(OC)CC(C)O2)[C@H](C)[C@@H](OC2OC(C)CC(N(C)C)C2OC(C)=O)C2(C)C[C@@H](C)[C@@H](O2)[C@H](C)[C@H]2OC(=O)O[C@@]21C. The summed E-state index contributed by atoms with van der Waals surface area (Å²) < 4.78 is 64.4. The van der Waals surface area contributed by atoms with Crippen molar-refractivity contribution in [2.45, 2.75) is 199 Å². The summed E-state index contributed by atoms with van der Waals surface area (Å²) in [6.07, 6.45) is -3.77. The molecular formula is C41H69NO13. The topological polar surface area (TPSA) is 147 Å². The lowest BCUT2D eigenvalue weighted by molar-refractivity contribution is -0.313. The third kappa shape index (κ3) is 9.15. The van der Waals surface area contributed by atoms with E-state index in [1.807, 2.05) is 67.5 Å². The van der Waals surface area contributed by atoms with E-state index >= 15 is 0 Å². The molecule has 0 N–H and O–H groups in total. The molecule has 0 aromatic carbocycles. The van der Waals surface area contributed by atoms with Crippen LogP contribution in [0.1, 0.15) is 115 Å². The van der Waals surface area contributed by atoms with Gasteiger partial charge in [-0.3, -0.25) is 9.59 Å². The number of carbonyl (C=O) groups is 3. The quantitative estimate of drug-likeness (QED) is 0.205. The molecule has 8 unspecified atom stereocenters. The van der Waals surface area contributed by atoms with E-state index in [1.54, 1.807) is 21.0 Å². The summed E-state index contributed by atoms with van der Waals surface area (Å²) >= 11 is 0. The van der Waals surface area contributed by atoms with Gasteiger partial charge < -0.3 is 52.3 Å². The molecule has 14 nitrogen and oxygen atoms in total. The second-order valence-corrected chi connectivity index (χ2v) is 18.1. The summed E-state index contributed by atoms with van der Waals surface area (Å²) in [4.78, 5) is 42.1. The van der Waals surface area contributed by atoms with Crippen LogP contribution in [0.15, 0.2) is 0 Å². The number of rotatable bonds is 9. The van der Waals surface area contributed by atoms with Gasteiger partial charge in [0.1, 0.15) is 6.10 Å². The molecular weight excluding hydrogens is 714 g/mol. The predicted molar refractivity (Wildman–Crippen MR) is 200 cm³/mol. The minimum Gasteiger partial charge on any atom is -0.458 e. The Labute approximate surface area is 328 Å². The molecule has 0 aromatic heterocycles. The highest BCUT2D eigenvalue weighted by Gasteiger charge is 2.62. The molecule has 5 saturated heterocycles. The molecule has 0 amide bonds. The van der Waals surface area contributed by atoms with E-state index in [-0.39, 0.29) is 30.1 Å². The lowest BCUT2D eigenvalue weighted by Gasteiger charge is -2.48. The van der Waals surface area contributed by atoms with E-state index in [2.05, 4.69) is 6.92 Å². The lowest BCUT2D eigenvalue weighted by Crippen LogP contribution is -2.60. The van der Waals surface area contributed by atoms with Crippen LogP contribution in [0, 0.1) is 23.7 Å². The zero-order chi connectivity index (χ0) is 40.8. The molecule has 5 heterocycles. The summed E-state index contributed by atoms with van der Waals surface area (Å²) in [6.45, 7) is 21.1. The van der Waals surface area contributed by atoms with Gasteiger partial charge >= 0.3 is 18.1 Å². The maximum absolute atomic E-state index is 14.6. The van der Waals surface area contributed by atoms with Gasteiger partial charge in [0, 0.05) is 38.7 Å². The molecule has 316 valence electrons. The highest BCUT2D eigenvalue weighted by atomic mass is 16.8. The number of esters is 2. The maximum Gasteiger partial charge on any atom is 0.509 e. The van der Waals surface area contributed by atoms with Gasteiger partial charge in [-0.05, 0) is 80.8 Å². The van der Waals surface area contributed by atoms with Crippen LogP contribution in [0.3, 0.4) is 0 Å². The first-order valence-electron chi connectivity index (χ1n) is 20.4. The van der Waals surface area contributed by atoms with Crippen molar-refractivity contribution in [3.05, 3.63) is 0 Å². The van der Waals surface area contributed by atoms with Crippen LogP contribution in [-0.2, 0) is 57.0 Å². The fraction of sp³-hybridized carbons (Fsp3) is 0.927. The molecule has 18 atom stereocenters. The number of carbonyl (C=O) groups excluding carboxylic acids is 3. The van der Waals surface area contributed by atoms with Gasteiger partial charge in [0.15, 0.2) is 30.4 Å². The first-order chi connectivity index (χ1) is 25.6. The summed E-state index contributed by atoms with van der Waals surface area (Å²) in [6, 6.07) is -0.193. The first kappa shape index (κ1) is 44.0. The number of hydrogen-bond acceptors (Lipinski definition) is 14.